The first-order valence-electron chi connectivity index (χ1n) is 5.99. The Morgan fingerprint density at radius 1 is 1.33 bits per heavy atom. The van der Waals surface area contributed by atoms with Crippen molar-refractivity contribution in [1.29, 1.82) is 0 Å². The summed E-state index contributed by atoms with van der Waals surface area (Å²) in [4.78, 5) is 4.48. The minimum atomic E-state index is 0.388. The Morgan fingerprint density at radius 3 is 2.67 bits per heavy atom. The molecule has 1 heterocycles. The number of rotatable bonds is 5. The quantitative estimate of drug-likeness (QED) is 0.880. The number of hydrogen-bond acceptors (Lipinski definition) is 4. The van der Waals surface area contributed by atoms with Gasteiger partial charge in [-0.15, -0.1) is 0 Å². The summed E-state index contributed by atoms with van der Waals surface area (Å²) in [6.45, 7) is 2.11. The molecule has 0 aliphatic carbocycles. The van der Waals surface area contributed by atoms with E-state index in [9.17, 15) is 0 Å². The van der Waals surface area contributed by atoms with Crippen LogP contribution in [0.3, 0.4) is 0 Å². The zero-order valence-corrected chi connectivity index (χ0v) is 10.9. The first kappa shape index (κ1) is 12.6. The van der Waals surface area contributed by atoms with Gasteiger partial charge in [0.05, 0.1) is 12.8 Å². The average Bonchev–Trinajstić information content (AvgIpc) is 2.87. The highest BCUT2D eigenvalue weighted by atomic mass is 16.5. The van der Waals surface area contributed by atoms with E-state index in [1.165, 1.54) is 0 Å². The maximum Gasteiger partial charge on any atom is 0.226 e. The first-order valence-corrected chi connectivity index (χ1v) is 5.99. The van der Waals surface area contributed by atoms with Crippen molar-refractivity contribution in [3.8, 4) is 17.2 Å². The fourth-order valence-corrected chi connectivity index (χ4v) is 1.68. The molecule has 0 saturated carbocycles. The molecule has 2 aromatic rings. The average molecular weight is 246 g/mol. The van der Waals surface area contributed by atoms with Crippen molar-refractivity contribution < 1.29 is 9.15 Å². The van der Waals surface area contributed by atoms with Crippen molar-refractivity contribution in [3.63, 3.8) is 0 Å². The zero-order chi connectivity index (χ0) is 13.0. The molecular formula is C14H18N2O2. The normalized spacial score (nSPS) is 12.4. The predicted molar refractivity (Wildman–Crippen MR) is 70.7 cm³/mol. The molecule has 96 valence electrons. The molecule has 0 bridgehead atoms. The highest BCUT2D eigenvalue weighted by molar-refractivity contribution is 5.54. The van der Waals surface area contributed by atoms with E-state index in [4.69, 9.17) is 9.15 Å². The number of benzene rings is 1. The Bertz CT molecular complexity index is 491. The maximum absolute atomic E-state index is 5.49. The lowest BCUT2D eigenvalue weighted by Crippen LogP contribution is -2.23. The van der Waals surface area contributed by atoms with Gasteiger partial charge in [0.25, 0.3) is 0 Å². The lowest BCUT2D eigenvalue weighted by Gasteiger charge is -2.05. The Kier molecular flexibility index (Phi) is 3.99. The SMILES string of the molecule is CNC(C)Cc1coc(-c2ccc(OC)cc2)n1. The van der Waals surface area contributed by atoms with Crippen molar-refractivity contribution in [1.82, 2.24) is 10.3 Å². The van der Waals surface area contributed by atoms with E-state index >= 15 is 0 Å². The topological polar surface area (TPSA) is 47.3 Å². The standard InChI is InChI=1S/C14H18N2O2/c1-10(15-2)8-12-9-18-14(16-12)11-4-6-13(17-3)7-5-11/h4-7,9-10,15H,8H2,1-3H3. The Morgan fingerprint density at radius 2 is 2.06 bits per heavy atom. The van der Waals surface area contributed by atoms with Crippen molar-refractivity contribution >= 4 is 0 Å². The van der Waals surface area contributed by atoms with E-state index in [1.807, 2.05) is 31.3 Å². The lowest BCUT2D eigenvalue weighted by atomic mass is 10.2. The van der Waals surface area contributed by atoms with Gasteiger partial charge in [-0.25, -0.2) is 4.98 Å². The van der Waals surface area contributed by atoms with Gasteiger partial charge >= 0.3 is 0 Å². The fourth-order valence-electron chi connectivity index (χ4n) is 1.68. The smallest absolute Gasteiger partial charge is 0.226 e. The summed E-state index contributed by atoms with van der Waals surface area (Å²) in [6, 6.07) is 8.07. The monoisotopic (exact) mass is 246 g/mol. The number of aromatic nitrogens is 1. The van der Waals surface area contributed by atoms with E-state index in [0.29, 0.717) is 11.9 Å². The molecule has 0 fully saturated rings. The highest BCUT2D eigenvalue weighted by Crippen LogP contribution is 2.22. The van der Waals surface area contributed by atoms with Crippen LogP contribution in [-0.2, 0) is 6.42 Å². The second-order valence-electron chi connectivity index (χ2n) is 4.27. The Balaban J connectivity index is 2.13. The molecule has 1 unspecified atom stereocenters. The second kappa shape index (κ2) is 5.69. The van der Waals surface area contributed by atoms with Crippen molar-refractivity contribution in [2.24, 2.45) is 0 Å². The molecule has 0 amide bonds. The molecule has 0 saturated heterocycles. The van der Waals surface area contributed by atoms with Crippen LogP contribution in [0.15, 0.2) is 34.9 Å². The second-order valence-corrected chi connectivity index (χ2v) is 4.27. The number of likely N-dealkylation sites (N-methyl/N-ethyl adjacent to an activating group) is 1. The van der Waals surface area contributed by atoms with E-state index in [0.717, 1.165) is 23.4 Å². The van der Waals surface area contributed by atoms with Gasteiger partial charge in [0.2, 0.25) is 5.89 Å². The molecule has 1 aromatic heterocycles. The molecule has 0 aliphatic heterocycles. The summed E-state index contributed by atoms with van der Waals surface area (Å²) in [5.74, 6) is 1.48. The van der Waals surface area contributed by atoms with Crippen molar-refractivity contribution in [2.45, 2.75) is 19.4 Å². The van der Waals surface area contributed by atoms with E-state index in [2.05, 4.69) is 17.2 Å². The maximum atomic E-state index is 5.49. The van der Waals surface area contributed by atoms with Gasteiger partial charge in [-0.3, -0.25) is 0 Å². The van der Waals surface area contributed by atoms with E-state index in [1.54, 1.807) is 13.4 Å². The molecule has 1 aromatic carbocycles. The number of oxazole rings is 1. The molecule has 1 N–H and O–H groups in total. The van der Waals surface area contributed by atoms with Gasteiger partial charge in [-0.1, -0.05) is 0 Å². The highest BCUT2D eigenvalue weighted by Gasteiger charge is 2.09. The van der Waals surface area contributed by atoms with Crippen LogP contribution in [-0.4, -0.2) is 25.2 Å². The van der Waals surface area contributed by atoms with Crippen molar-refractivity contribution in [3.05, 3.63) is 36.2 Å². The van der Waals surface area contributed by atoms with Gasteiger partial charge in [0, 0.05) is 18.0 Å². The number of nitrogens with zero attached hydrogens (tertiary/aromatic N) is 1. The van der Waals surface area contributed by atoms with Crippen LogP contribution in [0.4, 0.5) is 0 Å². The summed E-state index contributed by atoms with van der Waals surface area (Å²) in [6.07, 6.45) is 2.57. The largest absolute Gasteiger partial charge is 0.497 e. The molecule has 18 heavy (non-hydrogen) atoms. The number of ether oxygens (including phenoxy) is 1. The minimum Gasteiger partial charge on any atom is -0.497 e. The zero-order valence-electron chi connectivity index (χ0n) is 10.9. The molecule has 4 heteroatoms. The predicted octanol–water partition coefficient (Wildman–Crippen LogP) is 2.50. The summed E-state index contributed by atoms with van der Waals surface area (Å²) in [5.41, 5.74) is 1.92. The minimum absolute atomic E-state index is 0.388. The summed E-state index contributed by atoms with van der Waals surface area (Å²) >= 11 is 0. The molecule has 0 radical (unpaired) electrons. The van der Waals surface area contributed by atoms with Gasteiger partial charge < -0.3 is 14.5 Å². The molecule has 2 rings (SSSR count). The Hall–Kier alpha value is -1.81. The molecule has 4 nitrogen and oxygen atoms in total. The number of nitrogens with one attached hydrogen (secondary N) is 1. The van der Waals surface area contributed by atoms with Crippen LogP contribution in [0.5, 0.6) is 5.75 Å². The summed E-state index contributed by atoms with van der Waals surface area (Å²) in [7, 11) is 3.59. The van der Waals surface area contributed by atoms with E-state index in [-0.39, 0.29) is 0 Å². The third-order valence-electron chi connectivity index (χ3n) is 2.90. The van der Waals surface area contributed by atoms with Crippen LogP contribution in [0.25, 0.3) is 11.5 Å². The van der Waals surface area contributed by atoms with E-state index < -0.39 is 0 Å². The third-order valence-corrected chi connectivity index (χ3v) is 2.90. The summed E-state index contributed by atoms with van der Waals surface area (Å²) in [5, 5.41) is 3.18. The summed E-state index contributed by atoms with van der Waals surface area (Å²) < 4.78 is 10.6. The molecule has 1 atom stereocenters. The van der Waals surface area contributed by atoms with Crippen LogP contribution in [0.2, 0.25) is 0 Å². The van der Waals surface area contributed by atoms with Crippen molar-refractivity contribution in [2.75, 3.05) is 14.2 Å². The van der Waals surface area contributed by atoms with Crippen LogP contribution < -0.4 is 10.1 Å². The fraction of sp³-hybridized carbons (Fsp3) is 0.357. The molecule has 0 spiro atoms. The van der Waals surface area contributed by atoms with Gasteiger partial charge in [-0.2, -0.15) is 0 Å². The van der Waals surface area contributed by atoms with Crippen LogP contribution in [0.1, 0.15) is 12.6 Å². The van der Waals surface area contributed by atoms with Gasteiger partial charge in [-0.05, 0) is 38.2 Å². The van der Waals surface area contributed by atoms with Gasteiger partial charge in [0.15, 0.2) is 0 Å². The first-order chi connectivity index (χ1) is 8.72. The van der Waals surface area contributed by atoms with Crippen LogP contribution >= 0.6 is 0 Å². The third kappa shape index (κ3) is 2.90. The molecular weight excluding hydrogens is 228 g/mol. The number of methoxy groups -OCH3 is 1. The van der Waals surface area contributed by atoms with Crippen LogP contribution in [0, 0.1) is 0 Å². The number of hydrogen-bond donors (Lipinski definition) is 1. The Labute approximate surface area is 107 Å². The lowest BCUT2D eigenvalue weighted by molar-refractivity contribution is 0.415. The molecule has 0 aliphatic rings. The van der Waals surface area contributed by atoms with Gasteiger partial charge in [0.1, 0.15) is 12.0 Å².